The second kappa shape index (κ2) is 10.7. The fourth-order valence-corrected chi connectivity index (χ4v) is 0.589. The summed E-state index contributed by atoms with van der Waals surface area (Å²) in [5.74, 6) is -0.935. The molecule has 0 aliphatic carbocycles. The SMILES string of the molecule is C=C(C)C(=O)O.C=Cc1ccccc1.[Li][C](C)(C)C. The van der Waals surface area contributed by atoms with E-state index in [-0.39, 0.29) is 5.57 Å². The summed E-state index contributed by atoms with van der Waals surface area (Å²) in [7, 11) is 0. The molecule has 0 amide bonds. The molecule has 0 spiro atoms. The minimum atomic E-state index is -0.935. The molecule has 100 valence electrons. The van der Waals surface area contributed by atoms with Crippen molar-refractivity contribution in [1.82, 2.24) is 0 Å². The predicted molar refractivity (Wildman–Crippen MR) is 84.5 cm³/mol. The molecule has 0 heterocycles. The van der Waals surface area contributed by atoms with Gasteiger partial charge in [-0.1, -0.05) is 49.6 Å². The first-order valence-electron chi connectivity index (χ1n) is 6.14. The molecule has 1 rings (SSSR count). The second-order valence-electron chi connectivity index (χ2n) is 5.70. The summed E-state index contributed by atoms with van der Waals surface area (Å²) in [5, 5.41) is 7.89. The number of aliphatic carboxylic acids is 1. The van der Waals surface area contributed by atoms with E-state index < -0.39 is 5.97 Å². The fourth-order valence-electron chi connectivity index (χ4n) is 0.589. The number of hydrogen-bond acceptors (Lipinski definition) is 1. The topological polar surface area (TPSA) is 37.3 Å². The van der Waals surface area contributed by atoms with Crippen LogP contribution in [0.3, 0.4) is 0 Å². The monoisotopic (exact) mass is 254 g/mol. The molecule has 2 nitrogen and oxygen atoms in total. The summed E-state index contributed by atoms with van der Waals surface area (Å²) in [6.45, 7) is 14.8. The Kier molecular flexibility index (Phi) is 11.3. The van der Waals surface area contributed by atoms with Gasteiger partial charge in [-0.25, -0.2) is 4.79 Å². The van der Waals surface area contributed by atoms with Crippen molar-refractivity contribution in [2.24, 2.45) is 0 Å². The van der Waals surface area contributed by atoms with Crippen LogP contribution in [0.25, 0.3) is 6.08 Å². The quantitative estimate of drug-likeness (QED) is 0.629. The Hall–Kier alpha value is -1.23. The van der Waals surface area contributed by atoms with E-state index in [1.54, 1.807) is 0 Å². The molecule has 0 aliphatic heterocycles. The summed E-state index contributed by atoms with van der Waals surface area (Å²) in [4.78, 5) is 9.60. The van der Waals surface area contributed by atoms with E-state index in [0.29, 0.717) is 4.09 Å². The van der Waals surface area contributed by atoms with Crippen LogP contribution in [0.4, 0.5) is 0 Å². The van der Waals surface area contributed by atoms with Crippen LogP contribution in [-0.4, -0.2) is 28.8 Å². The van der Waals surface area contributed by atoms with Crippen LogP contribution in [-0.2, 0) is 4.79 Å². The normalized spacial score (nSPS) is 9.16. The zero-order valence-corrected chi connectivity index (χ0v) is 12.7. The van der Waals surface area contributed by atoms with Crippen molar-refractivity contribution in [3.05, 3.63) is 54.6 Å². The van der Waals surface area contributed by atoms with Crippen molar-refractivity contribution in [3.63, 3.8) is 0 Å². The molecule has 0 aromatic heterocycles. The Bertz CT molecular complexity index is 371. The predicted octanol–water partition coefficient (Wildman–Crippen LogP) is 4.35. The van der Waals surface area contributed by atoms with Crippen LogP contribution >= 0.6 is 0 Å². The Morgan fingerprint density at radius 3 is 1.74 bits per heavy atom. The number of rotatable bonds is 2. The summed E-state index contributed by atoms with van der Waals surface area (Å²) in [5.41, 5.74) is 1.35. The van der Waals surface area contributed by atoms with E-state index >= 15 is 0 Å². The Balaban J connectivity index is 0. The van der Waals surface area contributed by atoms with E-state index in [1.165, 1.54) is 12.5 Å². The molecule has 0 saturated carbocycles. The van der Waals surface area contributed by atoms with Gasteiger partial charge >= 0.3 is 48.5 Å². The van der Waals surface area contributed by atoms with Crippen LogP contribution in [0.1, 0.15) is 33.3 Å². The van der Waals surface area contributed by atoms with Gasteiger partial charge in [0.05, 0.1) is 0 Å². The maximum absolute atomic E-state index is 9.60. The van der Waals surface area contributed by atoms with Crippen LogP contribution < -0.4 is 0 Å². The molecule has 0 saturated heterocycles. The van der Waals surface area contributed by atoms with Crippen LogP contribution in [0.2, 0.25) is 4.09 Å². The molecule has 1 N–H and O–H groups in total. The van der Waals surface area contributed by atoms with Crippen molar-refractivity contribution in [1.29, 1.82) is 0 Å². The fraction of sp³-hybridized carbons (Fsp3) is 0.312. The molecule has 0 atom stereocenters. The number of carboxylic acid groups (broad SMARTS) is 1. The number of carboxylic acids is 1. The number of hydrogen-bond donors (Lipinski definition) is 1. The average molecular weight is 254 g/mol. The molecule has 0 radical (unpaired) electrons. The van der Waals surface area contributed by atoms with E-state index in [0.717, 1.165) is 0 Å². The van der Waals surface area contributed by atoms with Crippen LogP contribution in [0.5, 0.6) is 0 Å². The van der Waals surface area contributed by atoms with Gasteiger partial charge in [0, 0.05) is 5.57 Å². The van der Waals surface area contributed by atoms with Gasteiger partial charge in [0.2, 0.25) is 0 Å². The Morgan fingerprint density at radius 1 is 1.26 bits per heavy atom. The number of benzene rings is 1. The van der Waals surface area contributed by atoms with Crippen molar-refractivity contribution in [2.45, 2.75) is 31.8 Å². The third-order valence-electron chi connectivity index (χ3n) is 1.40. The first-order valence-corrected chi connectivity index (χ1v) is 6.14. The molecule has 0 unspecified atom stereocenters. The van der Waals surface area contributed by atoms with Gasteiger partial charge in [-0.3, -0.25) is 0 Å². The Labute approximate surface area is 126 Å². The van der Waals surface area contributed by atoms with Gasteiger partial charge in [0.15, 0.2) is 0 Å². The van der Waals surface area contributed by atoms with Gasteiger partial charge in [0.1, 0.15) is 0 Å². The molecule has 0 bridgehead atoms. The molecule has 1 aromatic rings. The van der Waals surface area contributed by atoms with Gasteiger partial charge in [-0.15, -0.1) is 0 Å². The van der Waals surface area contributed by atoms with Crippen molar-refractivity contribution in [3.8, 4) is 0 Å². The van der Waals surface area contributed by atoms with Crippen molar-refractivity contribution >= 4 is 29.8 Å². The molecule has 0 fully saturated rings. The zero-order chi connectivity index (χ0) is 15.5. The molecule has 19 heavy (non-hydrogen) atoms. The molecule has 1 aromatic carbocycles. The van der Waals surface area contributed by atoms with Gasteiger partial charge < -0.3 is 5.11 Å². The third-order valence-corrected chi connectivity index (χ3v) is 1.40. The average Bonchev–Trinajstić information content (AvgIpc) is 2.28. The molecule has 0 aliphatic rings. The summed E-state index contributed by atoms with van der Waals surface area (Å²) >= 11 is 2.19. The van der Waals surface area contributed by atoms with E-state index in [9.17, 15) is 4.79 Å². The first-order chi connectivity index (χ1) is 8.57. The van der Waals surface area contributed by atoms with E-state index in [2.05, 4.69) is 51.6 Å². The maximum atomic E-state index is 9.60. The minimum absolute atomic E-state index is 0.176. The van der Waals surface area contributed by atoms with Gasteiger partial charge in [-0.05, 0) is 12.5 Å². The van der Waals surface area contributed by atoms with Gasteiger partial charge in [-0.2, -0.15) is 0 Å². The number of carbonyl (C=O) groups is 1. The third kappa shape index (κ3) is 22.4. The van der Waals surface area contributed by atoms with E-state index in [1.807, 2.05) is 36.4 Å². The zero-order valence-electron chi connectivity index (χ0n) is 12.7. The van der Waals surface area contributed by atoms with Crippen LogP contribution in [0.15, 0.2) is 49.1 Å². The molecule has 3 heteroatoms. The standard InChI is InChI=1S/C8H8.C4H6O2.C4H9.Li/c1-2-8-6-4-3-5-7-8;1-3(2)4(5)6;1-4(2)3;/h2-7H,1H2;1H2,2H3,(H,5,6);1-3H3;. The first kappa shape index (κ1) is 20.1. The molecular formula is C16H23LiO2. The van der Waals surface area contributed by atoms with Crippen molar-refractivity contribution < 1.29 is 9.90 Å². The van der Waals surface area contributed by atoms with E-state index in [4.69, 9.17) is 5.11 Å². The van der Waals surface area contributed by atoms with Gasteiger partial charge in [0.25, 0.3) is 0 Å². The Morgan fingerprint density at radius 2 is 1.58 bits per heavy atom. The summed E-state index contributed by atoms with van der Waals surface area (Å²) in [6, 6.07) is 10.0. The van der Waals surface area contributed by atoms with Crippen molar-refractivity contribution in [2.75, 3.05) is 0 Å². The summed E-state index contributed by atoms with van der Waals surface area (Å²) < 4.78 is 0.500. The second-order valence-corrected chi connectivity index (χ2v) is 5.70. The van der Waals surface area contributed by atoms with Crippen LogP contribution in [0, 0.1) is 0 Å². The summed E-state index contributed by atoms with van der Waals surface area (Å²) in [6.07, 6.45) is 1.83. The molecular weight excluding hydrogens is 231 g/mol.